The van der Waals surface area contributed by atoms with Gasteiger partial charge in [0.1, 0.15) is 12.4 Å². The summed E-state index contributed by atoms with van der Waals surface area (Å²) in [6, 6.07) is 8.00. The summed E-state index contributed by atoms with van der Waals surface area (Å²) >= 11 is 0. The van der Waals surface area contributed by atoms with Gasteiger partial charge in [-0.05, 0) is 36.8 Å². The monoisotopic (exact) mass is 242 g/mol. The summed E-state index contributed by atoms with van der Waals surface area (Å²) < 4.78 is 5.49. The molecule has 0 radical (unpaired) electrons. The lowest BCUT2D eigenvalue weighted by Gasteiger charge is -2.06. The third-order valence-corrected chi connectivity index (χ3v) is 3.03. The highest BCUT2D eigenvalue weighted by molar-refractivity contribution is 5.62. The van der Waals surface area contributed by atoms with Crippen molar-refractivity contribution < 1.29 is 9.84 Å². The van der Waals surface area contributed by atoms with Crippen LogP contribution in [-0.2, 0) is 13.0 Å². The van der Waals surface area contributed by atoms with Gasteiger partial charge in [-0.3, -0.25) is 0 Å². The van der Waals surface area contributed by atoms with Crippen LogP contribution >= 0.6 is 0 Å². The molecule has 2 heterocycles. The number of aliphatic hydroxyl groups is 1. The van der Waals surface area contributed by atoms with E-state index in [2.05, 4.69) is 16.0 Å². The molecule has 4 nitrogen and oxygen atoms in total. The molecule has 1 aromatic heterocycles. The summed E-state index contributed by atoms with van der Waals surface area (Å²) in [6.45, 7) is 2.52. The van der Waals surface area contributed by atoms with Gasteiger partial charge < -0.3 is 9.84 Å². The van der Waals surface area contributed by atoms with E-state index in [9.17, 15) is 0 Å². The molecular weight excluding hydrogens is 228 g/mol. The molecule has 0 fully saturated rings. The second kappa shape index (κ2) is 4.38. The maximum absolute atomic E-state index is 9.14. The number of hydrogen-bond donors (Lipinski definition) is 1. The van der Waals surface area contributed by atoms with E-state index in [0.717, 1.165) is 35.7 Å². The van der Waals surface area contributed by atoms with Crippen molar-refractivity contribution in [2.24, 2.45) is 0 Å². The molecule has 1 aliphatic heterocycles. The van der Waals surface area contributed by atoms with Gasteiger partial charge in [-0.15, -0.1) is 0 Å². The molecule has 0 spiro atoms. The van der Waals surface area contributed by atoms with E-state index in [-0.39, 0.29) is 6.61 Å². The molecule has 4 heteroatoms. The summed E-state index contributed by atoms with van der Waals surface area (Å²) in [5.41, 5.74) is 3.97. The molecule has 0 atom stereocenters. The van der Waals surface area contributed by atoms with E-state index in [0.29, 0.717) is 5.82 Å². The fourth-order valence-electron chi connectivity index (χ4n) is 2.19. The smallest absolute Gasteiger partial charge is 0.154 e. The van der Waals surface area contributed by atoms with Crippen LogP contribution in [0.15, 0.2) is 24.3 Å². The Morgan fingerprint density at radius 3 is 3.00 bits per heavy atom. The normalized spacial score (nSPS) is 13.2. The second-order valence-electron chi connectivity index (χ2n) is 4.39. The van der Waals surface area contributed by atoms with Gasteiger partial charge in [0.15, 0.2) is 5.82 Å². The average Bonchev–Trinajstić information content (AvgIpc) is 2.85. The lowest BCUT2D eigenvalue weighted by atomic mass is 10.1. The lowest BCUT2D eigenvalue weighted by molar-refractivity contribution is 0.271. The zero-order valence-electron chi connectivity index (χ0n) is 10.2. The number of hydrogen-bond acceptors (Lipinski definition) is 4. The zero-order valence-corrected chi connectivity index (χ0v) is 10.2. The first kappa shape index (κ1) is 11.2. The molecule has 0 saturated heterocycles. The van der Waals surface area contributed by atoms with Crippen molar-refractivity contribution in [3.8, 4) is 17.0 Å². The second-order valence-corrected chi connectivity index (χ2v) is 4.39. The molecule has 0 amide bonds. The molecule has 2 aromatic rings. The van der Waals surface area contributed by atoms with Crippen molar-refractivity contribution in [1.82, 2.24) is 9.97 Å². The molecule has 1 aromatic carbocycles. The van der Waals surface area contributed by atoms with Gasteiger partial charge in [0.05, 0.1) is 12.3 Å². The van der Waals surface area contributed by atoms with Gasteiger partial charge in [-0.1, -0.05) is 0 Å². The predicted octanol–water partition coefficient (Wildman–Crippen LogP) is 1.88. The minimum Gasteiger partial charge on any atom is -0.493 e. The van der Waals surface area contributed by atoms with E-state index in [1.807, 2.05) is 25.1 Å². The number of ether oxygens (including phenoxy) is 1. The average molecular weight is 242 g/mol. The van der Waals surface area contributed by atoms with Crippen LogP contribution in [0.25, 0.3) is 11.3 Å². The van der Waals surface area contributed by atoms with Gasteiger partial charge >= 0.3 is 0 Å². The number of fused-ring (bicyclic) bond motifs is 1. The summed E-state index contributed by atoms with van der Waals surface area (Å²) in [4.78, 5) is 8.51. The maximum atomic E-state index is 9.14. The molecule has 0 bridgehead atoms. The Kier molecular flexibility index (Phi) is 2.72. The maximum Gasteiger partial charge on any atom is 0.154 e. The SMILES string of the molecule is Cc1cc(-c2ccc3c(c2)CCO3)nc(CO)n1. The first-order chi connectivity index (χ1) is 8.76. The number of aliphatic hydroxyl groups excluding tert-OH is 1. The van der Waals surface area contributed by atoms with Crippen molar-refractivity contribution in [2.45, 2.75) is 20.0 Å². The summed E-state index contributed by atoms with van der Waals surface area (Å²) in [5, 5.41) is 9.14. The van der Waals surface area contributed by atoms with Crippen LogP contribution < -0.4 is 4.74 Å². The third kappa shape index (κ3) is 1.95. The minimum absolute atomic E-state index is 0.136. The Bertz CT molecular complexity index is 596. The van der Waals surface area contributed by atoms with E-state index >= 15 is 0 Å². The molecular formula is C14H14N2O2. The van der Waals surface area contributed by atoms with Gasteiger partial charge in [0, 0.05) is 17.7 Å². The van der Waals surface area contributed by atoms with Gasteiger partial charge in [-0.25, -0.2) is 9.97 Å². The number of aryl methyl sites for hydroxylation is 1. The van der Waals surface area contributed by atoms with Crippen LogP contribution in [0.3, 0.4) is 0 Å². The molecule has 0 unspecified atom stereocenters. The van der Waals surface area contributed by atoms with E-state index in [1.165, 1.54) is 5.56 Å². The Morgan fingerprint density at radius 2 is 2.17 bits per heavy atom. The number of nitrogens with zero attached hydrogens (tertiary/aromatic N) is 2. The number of rotatable bonds is 2. The fourth-order valence-corrected chi connectivity index (χ4v) is 2.19. The first-order valence-electron chi connectivity index (χ1n) is 5.98. The lowest BCUT2D eigenvalue weighted by Crippen LogP contribution is -1.98. The van der Waals surface area contributed by atoms with Crippen LogP contribution in [0.2, 0.25) is 0 Å². The first-order valence-corrected chi connectivity index (χ1v) is 5.98. The van der Waals surface area contributed by atoms with Crippen LogP contribution in [0.5, 0.6) is 5.75 Å². The summed E-state index contributed by atoms with van der Waals surface area (Å²) in [6.07, 6.45) is 0.945. The Morgan fingerprint density at radius 1 is 1.28 bits per heavy atom. The Balaban J connectivity index is 2.06. The van der Waals surface area contributed by atoms with Crippen molar-refractivity contribution in [3.05, 3.63) is 41.3 Å². The fraction of sp³-hybridized carbons (Fsp3) is 0.286. The molecule has 3 rings (SSSR count). The van der Waals surface area contributed by atoms with Crippen LogP contribution in [-0.4, -0.2) is 21.7 Å². The van der Waals surface area contributed by atoms with Gasteiger partial charge in [0.2, 0.25) is 0 Å². The van der Waals surface area contributed by atoms with Gasteiger partial charge in [-0.2, -0.15) is 0 Å². The Labute approximate surface area is 105 Å². The standard InChI is InChI=1S/C14H14N2O2/c1-9-6-12(16-14(8-17)15-9)10-2-3-13-11(7-10)4-5-18-13/h2-3,6-7,17H,4-5,8H2,1H3. The zero-order chi connectivity index (χ0) is 12.5. The van der Waals surface area contributed by atoms with Crippen molar-refractivity contribution in [3.63, 3.8) is 0 Å². The largest absolute Gasteiger partial charge is 0.493 e. The third-order valence-electron chi connectivity index (χ3n) is 3.03. The van der Waals surface area contributed by atoms with Crippen molar-refractivity contribution in [1.29, 1.82) is 0 Å². The van der Waals surface area contributed by atoms with Crippen molar-refractivity contribution >= 4 is 0 Å². The van der Waals surface area contributed by atoms with Crippen molar-refractivity contribution in [2.75, 3.05) is 6.61 Å². The van der Waals surface area contributed by atoms with E-state index in [1.54, 1.807) is 0 Å². The highest BCUT2D eigenvalue weighted by Crippen LogP contribution is 2.29. The molecule has 1 N–H and O–H groups in total. The topological polar surface area (TPSA) is 55.2 Å². The summed E-state index contributed by atoms with van der Waals surface area (Å²) in [5.74, 6) is 1.42. The van der Waals surface area contributed by atoms with Crippen LogP contribution in [0, 0.1) is 6.92 Å². The van der Waals surface area contributed by atoms with Crippen LogP contribution in [0.1, 0.15) is 17.1 Å². The highest BCUT2D eigenvalue weighted by Gasteiger charge is 2.13. The van der Waals surface area contributed by atoms with E-state index in [4.69, 9.17) is 9.84 Å². The molecule has 0 saturated carbocycles. The Hall–Kier alpha value is -1.94. The minimum atomic E-state index is -0.136. The molecule has 1 aliphatic rings. The van der Waals surface area contributed by atoms with Crippen LogP contribution in [0.4, 0.5) is 0 Å². The molecule has 0 aliphatic carbocycles. The van der Waals surface area contributed by atoms with Gasteiger partial charge in [0.25, 0.3) is 0 Å². The van der Waals surface area contributed by atoms with E-state index < -0.39 is 0 Å². The molecule has 18 heavy (non-hydrogen) atoms. The number of benzene rings is 1. The summed E-state index contributed by atoms with van der Waals surface area (Å²) in [7, 11) is 0. The molecule has 92 valence electrons. The quantitative estimate of drug-likeness (QED) is 0.873. The highest BCUT2D eigenvalue weighted by atomic mass is 16.5. The predicted molar refractivity (Wildman–Crippen MR) is 67.3 cm³/mol. The number of aromatic nitrogens is 2.